The van der Waals surface area contributed by atoms with E-state index in [2.05, 4.69) is 19.6 Å². The number of rotatable bonds is 3. The fourth-order valence-electron chi connectivity index (χ4n) is 2.36. The van der Waals surface area contributed by atoms with Crippen LogP contribution in [0.3, 0.4) is 0 Å². The summed E-state index contributed by atoms with van der Waals surface area (Å²) in [7, 11) is 1.60. The second-order valence-corrected chi connectivity index (χ2v) is 5.80. The molecule has 2 heterocycles. The maximum absolute atomic E-state index is 12.3. The molecule has 1 saturated heterocycles. The predicted octanol–water partition coefficient (Wildman–Crippen LogP) is 1.48. The lowest BCUT2D eigenvalue weighted by Gasteiger charge is -2.34. The molecule has 1 aromatic carbocycles. The third-order valence-corrected chi connectivity index (χ3v) is 4.38. The van der Waals surface area contributed by atoms with E-state index in [0.29, 0.717) is 43.6 Å². The molecule has 0 saturated carbocycles. The number of piperazine rings is 1. The van der Waals surface area contributed by atoms with Crippen LogP contribution >= 0.6 is 11.5 Å². The number of carbonyl (C=O) groups excluding carboxylic acids is 1. The Bertz CT molecular complexity index is 683. The number of nitrogens with one attached hydrogen (secondary N) is 1. The number of nitrogens with zero attached hydrogens (tertiary/aromatic N) is 4. The molecule has 0 spiro atoms. The van der Waals surface area contributed by atoms with Crippen molar-refractivity contribution in [2.24, 2.45) is 0 Å². The van der Waals surface area contributed by atoms with Crippen LogP contribution in [-0.2, 0) is 0 Å². The van der Waals surface area contributed by atoms with Crippen molar-refractivity contribution in [1.29, 1.82) is 0 Å². The number of ether oxygens (including phenoxy) is 1. The SMILES string of the molecule is COc1cccc(NC(=O)N2CCN(c3nc(N)ns3)CC2)c1. The van der Waals surface area contributed by atoms with E-state index < -0.39 is 0 Å². The molecule has 0 radical (unpaired) electrons. The molecule has 2 aromatic rings. The zero-order valence-electron chi connectivity index (χ0n) is 12.7. The average molecular weight is 334 g/mol. The Labute approximate surface area is 138 Å². The van der Waals surface area contributed by atoms with Gasteiger partial charge in [-0.25, -0.2) is 4.79 Å². The predicted molar refractivity (Wildman–Crippen MR) is 90.1 cm³/mol. The van der Waals surface area contributed by atoms with Crippen LogP contribution in [0.1, 0.15) is 0 Å². The Morgan fingerprint density at radius 2 is 2.13 bits per heavy atom. The third-order valence-electron chi connectivity index (χ3n) is 3.59. The van der Waals surface area contributed by atoms with Gasteiger partial charge in [-0.1, -0.05) is 6.07 Å². The fourth-order valence-corrected chi connectivity index (χ4v) is 3.01. The topological polar surface area (TPSA) is 96.6 Å². The van der Waals surface area contributed by atoms with Gasteiger partial charge < -0.3 is 25.6 Å². The summed E-state index contributed by atoms with van der Waals surface area (Å²) in [5.74, 6) is 1.00. The van der Waals surface area contributed by atoms with Gasteiger partial charge in [-0.05, 0) is 12.1 Å². The second kappa shape index (κ2) is 6.69. The van der Waals surface area contributed by atoms with Crippen molar-refractivity contribution in [3.8, 4) is 5.75 Å². The number of amides is 2. The number of nitrogens with two attached hydrogens (primary N) is 1. The molecule has 23 heavy (non-hydrogen) atoms. The van der Waals surface area contributed by atoms with Crippen molar-refractivity contribution in [2.45, 2.75) is 0 Å². The lowest BCUT2D eigenvalue weighted by atomic mass is 10.3. The van der Waals surface area contributed by atoms with Crippen LogP contribution < -0.4 is 20.7 Å². The minimum absolute atomic E-state index is 0.116. The number of aromatic nitrogens is 2. The summed E-state index contributed by atoms with van der Waals surface area (Å²) < 4.78 is 9.13. The number of anilines is 3. The van der Waals surface area contributed by atoms with Crippen molar-refractivity contribution >= 4 is 34.3 Å². The molecule has 1 aliphatic heterocycles. The van der Waals surface area contributed by atoms with Gasteiger partial charge in [-0.3, -0.25) is 0 Å². The van der Waals surface area contributed by atoms with Gasteiger partial charge in [-0.15, -0.1) is 0 Å². The lowest BCUT2D eigenvalue weighted by Crippen LogP contribution is -2.50. The molecule has 0 aliphatic carbocycles. The van der Waals surface area contributed by atoms with Crippen molar-refractivity contribution in [1.82, 2.24) is 14.3 Å². The molecular formula is C14H18N6O2S. The number of urea groups is 1. The molecule has 3 rings (SSSR count). The lowest BCUT2D eigenvalue weighted by molar-refractivity contribution is 0.208. The highest BCUT2D eigenvalue weighted by atomic mass is 32.1. The molecule has 9 heteroatoms. The minimum atomic E-state index is -0.116. The molecule has 122 valence electrons. The number of carbonyl (C=O) groups is 1. The van der Waals surface area contributed by atoms with E-state index in [-0.39, 0.29) is 6.03 Å². The molecule has 0 bridgehead atoms. The number of hydrogen-bond acceptors (Lipinski definition) is 7. The van der Waals surface area contributed by atoms with Gasteiger partial charge >= 0.3 is 6.03 Å². The Kier molecular flexibility index (Phi) is 4.47. The van der Waals surface area contributed by atoms with Crippen molar-refractivity contribution in [2.75, 3.05) is 49.2 Å². The van der Waals surface area contributed by atoms with Crippen LogP contribution in [-0.4, -0.2) is 53.6 Å². The summed E-state index contributed by atoms with van der Waals surface area (Å²) in [6.07, 6.45) is 0. The summed E-state index contributed by atoms with van der Waals surface area (Å²) in [4.78, 5) is 20.4. The first-order chi connectivity index (χ1) is 11.2. The van der Waals surface area contributed by atoms with E-state index in [9.17, 15) is 4.79 Å². The summed E-state index contributed by atoms with van der Waals surface area (Å²) >= 11 is 1.28. The first-order valence-electron chi connectivity index (χ1n) is 7.20. The summed E-state index contributed by atoms with van der Waals surface area (Å²) in [6, 6.07) is 7.18. The first-order valence-corrected chi connectivity index (χ1v) is 7.97. The number of methoxy groups -OCH3 is 1. The highest BCUT2D eigenvalue weighted by molar-refractivity contribution is 7.09. The van der Waals surface area contributed by atoms with Gasteiger partial charge in [-0.2, -0.15) is 9.36 Å². The molecule has 1 aliphatic rings. The summed E-state index contributed by atoms with van der Waals surface area (Å²) in [5, 5.41) is 3.69. The highest BCUT2D eigenvalue weighted by Crippen LogP contribution is 2.21. The smallest absolute Gasteiger partial charge is 0.321 e. The van der Waals surface area contributed by atoms with Crippen molar-refractivity contribution in [3.63, 3.8) is 0 Å². The van der Waals surface area contributed by atoms with Gasteiger partial charge in [0.2, 0.25) is 11.1 Å². The molecule has 8 nitrogen and oxygen atoms in total. The van der Waals surface area contributed by atoms with Gasteiger partial charge in [0.1, 0.15) is 5.75 Å². The van der Waals surface area contributed by atoms with Crippen LogP contribution in [0.2, 0.25) is 0 Å². The number of nitrogen functional groups attached to an aromatic ring is 1. The van der Waals surface area contributed by atoms with Crippen molar-refractivity contribution in [3.05, 3.63) is 24.3 Å². The quantitative estimate of drug-likeness (QED) is 0.882. The Balaban J connectivity index is 1.55. The summed E-state index contributed by atoms with van der Waals surface area (Å²) in [6.45, 7) is 2.66. The number of benzene rings is 1. The second-order valence-electron chi connectivity index (χ2n) is 5.07. The van der Waals surface area contributed by atoms with E-state index >= 15 is 0 Å². The fraction of sp³-hybridized carbons (Fsp3) is 0.357. The van der Waals surface area contributed by atoms with E-state index in [0.717, 1.165) is 5.13 Å². The monoisotopic (exact) mass is 334 g/mol. The average Bonchev–Trinajstić information content (AvgIpc) is 3.01. The van der Waals surface area contributed by atoms with Crippen LogP contribution in [0.4, 0.5) is 21.6 Å². The summed E-state index contributed by atoms with van der Waals surface area (Å²) in [5.41, 5.74) is 6.26. The van der Waals surface area contributed by atoms with E-state index in [1.807, 2.05) is 18.2 Å². The van der Waals surface area contributed by atoms with Gasteiger partial charge in [0, 0.05) is 49.5 Å². The van der Waals surface area contributed by atoms with Gasteiger partial charge in [0.25, 0.3) is 0 Å². The molecule has 0 atom stereocenters. The van der Waals surface area contributed by atoms with Crippen LogP contribution in [0, 0.1) is 0 Å². The van der Waals surface area contributed by atoms with Crippen molar-refractivity contribution < 1.29 is 9.53 Å². The Morgan fingerprint density at radius 1 is 1.35 bits per heavy atom. The first kappa shape index (κ1) is 15.3. The Morgan fingerprint density at radius 3 is 2.78 bits per heavy atom. The maximum Gasteiger partial charge on any atom is 0.321 e. The molecule has 2 amide bonds. The molecule has 1 aromatic heterocycles. The zero-order valence-corrected chi connectivity index (χ0v) is 13.5. The standard InChI is InChI=1S/C14H18N6O2S/c1-22-11-4-2-3-10(9-11)16-13(21)19-5-7-20(8-6-19)14-17-12(15)18-23-14/h2-4,9H,5-8H2,1H3,(H2,15,18)(H,16,21). The largest absolute Gasteiger partial charge is 0.497 e. The maximum atomic E-state index is 12.3. The van der Waals surface area contributed by atoms with E-state index in [1.54, 1.807) is 18.1 Å². The minimum Gasteiger partial charge on any atom is -0.497 e. The highest BCUT2D eigenvalue weighted by Gasteiger charge is 2.23. The van der Waals surface area contributed by atoms with Crippen LogP contribution in [0.25, 0.3) is 0 Å². The third kappa shape index (κ3) is 3.62. The van der Waals surface area contributed by atoms with Gasteiger partial charge in [0.15, 0.2) is 0 Å². The van der Waals surface area contributed by atoms with E-state index in [1.165, 1.54) is 11.5 Å². The molecule has 3 N–H and O–H groups in total. The molecule has 0 unspecified atom stereocenters. The van der Waals surface area contributed by atoms with Crippen LogP contribution in [0.15, 0.2) is 24.3 Å². The normalized spacial score (nSPS) is 14.7. The van der Waals surface area contributed by atoms with E-state index in [4.69, 9.17) is 10.5 Å². The van der Waals surface area contributed by atoms with Crippen LogP contribution in [0.5, 0.6) is 5.75 Å². The Hall–Kier alpha value is -2.55. The zero-order chi connectivity index (χ0) is 16.2. The van der Waals surface area contributed by atoms with Gasteiger partial charge in [0.05, 0.1) is 7.11 Å². The number of hydrogen-bond donors (Lipinski definition) is 2. The molecular weight excluding hydrogens is 316 g/mol. The molecule has 1 fully saturated rings.